The van der Waals surface area contributed by atoms with Crippen LogP contribution in [0.25, 0.3) is 0 Å². The molecule has 0 spiro atoms. The summed E-state index contributed by atoms with van der Waals surface area (Å²) in [4.78, 5) is 14.5. The molecule has 0 aromatic heterocycles. The predicted octanol–water partition coefficient (Wildman–Crippen LogP) is 3.70. The number of nitrogens with zero attached hydrogens (tertiary/aromatic N) is 1. The molecule has 0 bridgehead atoms. The van der Waals surface area contributed by atoms with Crippen LogP contribution in [-0.2, 0) is 17.6 Å². The molecule has 0 saturated carbocycles. The van der Waals surface area contributed by atoms with Gasteiger partial charge < -0.3 is 10.2 Å². The molecule has 136 valence electrons. The fraction of sp³-hybridized carbons (Fsp3) is 0.650. The van der Waals surface area contributed by atoms with Gasteiger partial charge in [-0.1, -0.05) is 38.1 Å². The Kier molecular flexibility index (Phi) is 9.38. The molecule has 1 saturated heterocycles. The number of carbonyl (C=O) groups is 1. The maximum atomic E-state index is 12.5. The van der Waals surface area contributed by atoms with E-state index in [2.05, 4.69) is 48.3 Å². The van der Waals surface area contributed by atoms with E-state index < -0.39 is 0 Å². The fourth-order valence-corrected chi connectivity index (χ4v) is 3.37. The molecule has 1 aliphatic heterocycles. The molecule has 4 heteroatoms. The Bertz CT molecular complexity index is 479. The second-order valence-corrected chi connectivity index (χ2v) is 7.31. The van der Waals surface area contributed by atoms with Crippen molar-refractivity contribution in [3.05, 3.63) is 35.4 Å². The quantitative estimate of drug-likeness (QED) is 0.811. The molecule has 2 rings (SSSR count). The summed E-state index contributed by atoms with van der Waals surface area (Å²) in [6, 6.07) is 8.59. The highest BCUT2D eigenvalue weighted by Gasteiger charge is 2.22. The van der Waals surface area contributed by atoms with Gasteiger partial charge in [-0.25, -0.2) is 0 Å². The number of piperidine rings is 1. The lowest BCUT2D eigenvalue weighted by atomic mass is 9.93. The highest BCUT2D eigenvalue weighted by molar-refractivity contribution is 5.85. The lowest BCUT2D eigenvalue weighted by molar-refractivity contribution is -0.131. The van der Waals surface area contributed by atoms with Crippen molar-refractivity contribution in [2.75, 3.05) is 26.7 Å². The summed E-state index contributed by atoms with van der Waals surface area (Å²) < 4.78 is 0. The van der Waals surface area contributed by atoms with Crippen molar-refractivity contribution in [1.29, 1.82) is 0 Å². The largest absolute Gasteiger partial charge is 0.342 e. The number of hydrogen-bond acceptors (Lipinski definition) is 2. The number of carbonyl (C=O) groups excluding carboxylic acids is 1. The summed E-state index contributed by atoms with van der Waals surface area (Å²) in [5.41, 5.74) is 2.50. The summed E-state index contributed by atoms with van der Waals surface area (Å²) >= 11 is 0. The van der Waals surface area contributed by atoms with Crippen LogP contribution in [0.15, 0.2) is 24.3 Å². The lowest BCUT2D eigenvalue weighted by Crippen LogP contribution is -2.39. The number of amides is 1. The summed E-state index contributed by atoms with van der Waals surface area (Å²) in [7, 11) is 2.01. The Balaban J connectivity index is 0.00000288. The molecule has 0 aliphatic carbocycles. The van der Waals surface area contributed by atoms with Gasteiger partial charge in [-0.3, -0.25) is 4.79 Å². The molecular weight excluding hydrogens is 320 g/mol. The predicted molar refractivity (Wildman–Crippen MR) is 104 cm³/mol. The third-order valence-electron chi connectivity index (χ3n) is 4.79. The van der Waals surface area contributed by atoms with Gasteiger partial charge >= 0.3 is 0 Å². The Morgan fingerprint density at radius 1 is 1.17 bits per heavy atom. The van der Waals surface area contributed by atoms with Crippen molar-refractivity contribution in [3.63, 3.8) is 0 Å². The molecular formula is C20H33ClN2O. The van der Waals surface area contributed by atoms with Crippen molar-refractivity contribution in [1.82, 2.24) is 10.2 Å². The highest BCUT2D eigenvalue weighted by atomic mass is 35.5. The van der Waals surface area contributed by atoms with Gasteiger partial charge in [-0.15, -0.1) is 12.4 Å². The molecule has 1 aromatic carbocycles. The van der Waals surface area contributed by atoms with Crippen molar-refractivity contribution >= 4 is 18.3 Å². The zero-order valence-electron chi connectivity index (χ0n) is 15.4. The normalized spacial score (nSPS) is 15.4. The minimum absolute atomic E-state index is 0. The number of benzene rings is 1. The average molecular weight is 353 g/mol. The van der Waals surface area contributed by atoms with Crippen LogP contribution >= 0.6 is 12.4 Å². The minimum Gasteiger partial charge on any atom is -0.342 e. The molecule has 1 aromatic rings. The molecule has 0 atom stereocenters. The van der Waals surface area contributed by atoms with E-state index in [1.165, 1.54) is 12.0 Å². The molecule has 1 amide bonds. The summed E-state index contributed by atoms with van der Waals surface area (Å²) in [5, 5.41) is 3.22. The van der Waals surface area contributed by atoms with Crippen LogP contribution in [0, 0.1) is 11.8 Å². The molecule has 24 heavy (non-hydrogen) atoms. The number of halogens is 1. The second-order valence-electron chi connectivity index (χ2n) is 7.31. The first-order valence-corrected chi connectivity index (χ1v) is 9.08. The minimum atomic E-state index is 0. The summed E-state index contributed by atoms with van der Waals surface area (Å²) in [5.74, 6) is 1.74. The first-order valence-electron chi connectivity index (χ1n) is 9.08. The van der Waals surface area contributed by atoms with Crippen LogP contribution in [0.2, 0.25) is 0 Å². The Morgan fingerprint density at radius 2 is 1.75 bits per heavy atom. The van der Waals surface area contributed by atoms with Gasteiger partial charge in [0.15, 0.2) is 0 Å². The van der Waals surface area contributed by atoms with Gasteiger partial charge in [0.05, 0.1) is 6.42 Å². The Morgan fingerprint density at radius 3 is 2.29 bits per heavy atom. The van der Waals surface area contributed by atoms with Crippen molar-refractivity contribution in [2.45, 2.75) is 46.0 Å². The SMILES string of the molecule is CNCCC1CCN(C(=O)Cc2ccc(CC(C)C)cc2)CC1.Cl. The third-order valence-corrected chi connectivity index (χ3v) is 4.79. The number of hydrogen-bond donors (Lipinski definition) is 1. The maximum Gasteiger partial charge on any atom is 0.226 e. The van der Waals surface area contributed by atoms with Gasteiger partial charge in [-0.05, 0) is 62.2 Å². The van der Waals surface area contributed by atoms with Crippen LogP contribution in [0.1, 0.15) is 44.2 Å². The fourth-order valence-electron chi connectivity index (χ4n) is 3.37. The smallest absolute Gasteiger partial charge is 0.226 e. The standard InChI is InChI=1S/C20H32N2O.ClH/c1-16(2)14-18-4-6-19(7-5-18)15-20(23)22-12-9-17(10-13-22)8-11-21-3;/h4-7,16-17,21H,8-15H2,1-3H3;1H. The number of rotatable bonds is 7. The third kappa shape index (κ3) is 6.82. The summed E-state index contributed by atoms with van der Waals surface area (Å²) in [6.45, 7) is 7.41. The van der Waals surface area contributed by atoms with Gasteiger partial charge in [0.1, 0.15) is 0 Å². The van der Waals surface area contributed by atoms with Crippen LogP contribution < -0.4 is 5.32 Å². The van der Waals surface area contributed by atoms with Gasteiger partial charge in [-0.2, -0.15) is 0 Å². The Labute approximate surface area is 153 Å². The second kappa shape index (κ2) is 10.7. The zero-order valence-corrected chi connectivity index (χ0v) is 16.2. The monoisotopic (exact) mass is 352 g/mol. The van der Waals surface area contributed by atoms with Gasteiger partial charge in [0, 0.05) is 13.1 Å². The Hall–Kier alpha value is -1.06. The summed E-state index contributed by atoms with van der Waals surface area (Å²) in [6.07, 6.45) is 5.19. The van der Waals surface area contributed by atoms with E-state index in [-0.39, 0.29) is 18.3 Å². The van der Waals surface area contributed by atoms with Crippen LogP contribution in [0.5, 0.6) is 0 Å². The van der Waals surface area contributed by atoms with Crippen molar-refractivity contribution < 1.29 is 4.79 Å². The lowest BCUT2D eigenvalue weighted by Gasteiger charge is -2.32. The topological polar surface area (TPSA) is 32.3 Å². The van der Waals surface area contributed by atoms with E-state index in [4.69, 9.17) is 0 Å². The van der Waals surface area contributed by atoms with E-state index in [1.54, 1.807) is 0 Å². The number of likely N-dealkylation sites (tertiary alicyclic amines) is 1. The van der Waals surface area contributed by atoms with E-state index in [0.717, 1.165) is 50.4 Å². The molecule has 3 nitrogen and oxygen atoms in total. The first kappa shape index (κ1) is 21.0. The molecule has 0 radical (unpaired) electrons. The van der Waals surface area contributed by atoms with Crippen LogP contribution in [-0.4, -0.2) is 37.5 Å². The van der Waals surface area contributed by atoms with Crippen LogP contribution in [0.3, 0.4) is 0 Å². The average Bonchev–Trinajstić information content (AvgIpc) is 2.54. The molecule has 1 aliphatic rings. The van der Waals surface area contributed by atoms with Crippen LogP contribution in [0.4, 0.5) is 0 Å². The maximum absolute atomic E-state index is 12.5. The highest BCUT2D eigenvalue weighted by Crippen LogP contribution is 2.21. The molecule has 1 N–H and O–H groups in total. The number of nitrogens with one attached hydrogen (secondary N) is 1. The van der Waals surface area contributed by atoms with E-state index >= 15 is 0 Å². The van der Waals surface area contributed by atoms with Gasteiger partial charge in [0.2, 0.25) is 5.91 Å². The molecule has 1 fully saturated rings. The van der Waals surface area contributed by atoms with E-state index in [1.807, 2.05) is 7.05 Å². The van der Waals surface area contributed by atoms with E-state index in [9.17, 15) is 4.79 Å². The van der Waals surface area contributed by atoms with E-state index in [0.29, 0.717) is 12.3 Å². The van der Waals surface area contributed by atoms with Crippen molar-refractivity contribution in [2.24, 2.45) is 11.8 Å². The van der Waals surface area contributed by atoms with Gasteiger partial charge in [0.25, 0.3) is 0 Å². The first-order chi connectivity index (χ1) is 11.1. The zero-order chi connectivity index (χ0) is 16.7. The molecule has 0 unspecified atom stereocenters. The molecule has 1 heterocycles. The van der Waals surface area contributed by atoms with Crippen molar-refractivity contribution in [3.8, 4) is 0 Å².